The Labute approximate surface area is 219 Å². The number of benzene rings is 6. The number of aromatic nitrogens is 4. The van der Waals surface area contributed by atoms with Crippen molar-refractivity contribution in [3.63, 3.8) is 0 Å². The second-order valence-corrected chi connectivity index (χ2v) is 10.2. The third kappa shape index (κ3) is 3.04. The second kappa shape index (κ2) is 7.77. The Morgan fingerprint density at radius 3 is 1.61 bits per heavy atom. The number of rotatable bonds is 2. The van der Waals surface area contributed by atoms with E-state index in [0.717, 1.165) is 22.1 Å². The Balaban J connectivity index is 1.36. The molecule has 4 heteroatoms. The van der Waals surface area contributed by atoms with Gasteiger partial charge in [0.2, 0.25) is 0 Å². The minimum Gasteiger partial charge on any atom is -0.334 e. The van der Waals surface area contributed by atoms with E-state index in [-0.39, 0.29) is 0 Å². The third-order valence-electron chi connectivity index (χ3n) is 7.95. The molecule has 0 N–H and O–H groups in total. The van der Waals surface area contributed by atoms with E-state index >= 15 is 0 Å². The lowest BCUT2D eigenvalue weighted by atomic mass is 9.90. The van der Waals surface area contributed by atoms with Gasteiger partial charge >= 0.3 is 0 Å². The molecule has 0 aliphatic rings. The van der Waals surface area contributed by atoms with Crippen LogP contribution in [0.25, 0.3) is 76.6 Å². The Bertz CT molecular complexity index is 2190. The molecule has 0 saturated carbocycles. The zero-order valence-corrected chi connectivity index (χ0v) is 21.2. The molecule has 180 valence electrons. The predicted octanol–water partition coefficient (Wildman–Crippen LogP) is 8.25. The van der Waals surface area contributed by atoms with Gasteiger partial charge in [0.05, 0.1) is 34.7 Å². The number of hydrogen-bond donors (Lipinski definition) is 0. The van der Waals surface area contributed by atoms with E-state index in [9.17, 15) is 0 Å². The van der Waals surface area contributed by atoms with Crippen molar-refractivity contribution >= 4 is 54.4 Å². The molecule has 4 nitrogen and oxygen atoms in total. The van der Waals surface area contributed by atoms with Crippen molar-refractivity contribution in [2.75, 3.05) is 0 Å². The summed E-state index contributed by atoms with van der Waals surface area (Å²) >= 11 is 0. The van der Waals surface area contributed by atoms with Crippen LogP contribution < -0.4 is 0 Å². The van der Waals surface area contributed by atoms with Crippen LogP contribution in [0.1, 0.15) is 0 Å². The normalized spacial score (nSPS) is 11.9. The number of aryl methyl sites for hydroxylation is 2. The van der Waals surface area contributed by atoms with Crippen LogP contribution in [0.2, 0.25) is 0 Å². The van der Waals surface area contributed by atoms with Crippen LogP contribution >= 0.6 is 0 Å². The zero-order chi connectivity index (χ0) is 25.4. The fraction of sp³-hybridized carbons (Fsp3) is 0.0588. The fourth-order valence-electron chi connectivity index (χ4n) is 5.94. The first-order valence-corrected chi connectivity index (χ1v) is 12.9. The maximum Gasteiger partial charge on any atom is 0.0955 e. The molecule has 0 bridgehead atoms. The lowest BCUT2D eigenvalue weighted by Gasteiger charge is -2.14. The van der Waals surface area contributed by atoms with Crippen LogP contribution in [0.3, 0.4) is 0 Å². The summed E-state index contributed by atoms with van der Waals surface area (Å²) < 4.78 is 4.13. The van der Waals surface area contributed by atoms with Crippen molar-refractivity contribution in [3.8, 4) is 22.3 Å². The molecule has 0 fully saturated rings. The van der Waals surface area contributed by atoms with Gasteiger partial charge in [-0.3, -0.25) is 0 Å². The molecule has 0 aliphatic heterocycles. The Hall–Kier alpha value is -4.96. The first-order chi connectivity index (χ1) is 18.6. The van der Waals surface area contributed by atoms with Crippen molar-refractivity contribution in [2.24, 2.45) is 14.1 Å². The molecule has 0 aliphatic carbocycles. The van der Waals surface area contributed by atoms with Crippen molar-refractivity contribution in [1.82, 2.24) is 19.1 Å². The van der Waals surface area contributed by atoms with E-state index in [4.69, 9.17) is 0 Å². The van der Waals surface area contributed by atoms with Gasteiger partial charge in [0.15, 0.2) is 0 Å². The summed E-state index contributed by atoms with van der Waals surface area (Å²) in [6.45, 7) is 0. The van der Waals surface area contributed by atoms with Gasteiger partial charge in [-0.15, -0.1) is 0 Å². The molecule has 0 radical (unpaired) electrons. The van der Waals surface area contributed by atoms with E-state index in [1.807, 2.05) is 26.7 Å². The summed E-state index contributed by atoms with van der Waals surface area (Å²) in [4.78, 5) is 9.05. The largest absolute Gasteiger partial charge is 0.334 e. The van der Waals surface area contributed by atoms with Crippen LogP contribution in [0, 0.1) is 0 Å². The van der Waals surface area contributed by atoms with Crippen molar-refractivity contribution in [2.45, 2.75) is 0 Å². The van der Waals surface area contributed by atoms with E-state index < -0.39 is 0 Å². The van der Waals surface area contributed by atoms with Gasteiger partial charge < -0.3 is 9.13 Å². The van der Waals surface area contributed by atoms with Gasteiger partial charge in [0.1, 0.15) is 0 Å². The lowest BCUT2D eigenvalue weighted by Crippen LogP contribution is -1.88. The highest BCUT2D eigenvalue weighted by molar-refractivity contribution is 6.26. The quantitative estimate of drug-likeness (QED) is 0.230. The molecule has 6 aromatic carbocycles. The maximum atomic E-state index is 4.57. The SMILES string of the molecule is Cn1cnc2cc(-c3ccc4c5ccc(-c6ccc7ncn(C)c7c6)cc5c5ccccc5c4c3)ccc21. The summed E-state index contributed by atoms with van der Waals surface area (Å²) in [5, 5.41) is 7.64. The van der Waals surface area contributed by atoms with Gasteiger partial charge in [-0.2, -0.15) is 0 Å². The molecule has 8 aromatic rings. The monoisotopic (exact) mass is 488 g/mol. The fourth-order valence-corrected chi connectivity index (χ4v) is 5.94. The van der Waals surface area contributed by atoms with Gasteiger partial charge in [0, 0.05) is 14.1 Å². The molecule has 0 atom stereocenters. The van der Waals surface area contributed by atoms with Crippen molar-refractivity contribution < 1.29 is 0 Å². The van der Waals surface area contributed by atoms with Gasteiger partial charge in [-0.25, -0.2) is 9.97 Å². The highest BCUT2D eigenvalue weighted by Crippen LogP contribution is 2.39. The average Bonchev–Trinajstić information content (AvgIpc) is 3.54. The van der Waals surface area contributed by atoms with Gasteiger partial charge in [-0.05, 0) is 91.0 Å². The molecule has 38 heavy (non-hydrogen) atoms. The molecule has 8 rings (SSSR count). The highest BCUT2D eigenvalue weighted by Gasteiger charge is 2.12. The van der Waals surface area contributed by atoms with E-state index in [1.165, 1.54) is 54.6 Å². The molecule has 2 heterocycles. The van der Waals surface area contributed by atoms with Crippen LogP contribution in [0.5, 0.6) is 0 Å². The predicted molar refractivity (Wildman–Crippen MR) is 158 cm³/mol. The number of nitrogens with zero attached hydrogens (tertiary/aromatic N) is 4. The molecule has 0 unspecified atom stereocenters. The summed E-state index contributed by atoms with van der Waals surface area (Å²) in [6, 6.07) is 35.6. The first-order valence-electron chi connectivity index (χ1n) is 12.9. The van der Waals surface area contributed by atoms with E-state index in [0.29, 0.717) is 0 Å². The first kappa shape index (κ1) is 21.2. The molecular weight excluding hydrogens is 464 g/mol. The van der Waals surface area contributed by atoms with Crippen LogP contribution in [0.15, 0.2) is 110 Å². The molecule has 0 saturated heterocycles. The maximum absolute atomic E-state index is 4.57. The average molecular weight is 489 g/mol. The minimum absolute atomic E-state index is 1.02. The summed E-state index contributed by atoms with van der Waals surface area (Å²) in [6.07, 6.45) is 3.74. The summed E-state index contributed by atoms with van der Waals surface area (Å²) in [5.74, 6) is 0. The van der Waals surface area contributed by atoms with Crippen molar-refractivity contribution in [3.05, 3.63) is 110 Å². The number of hydrogen-bond acceptors (Lipinski definition) is 2. The Morgan fingerprint density at radius 1 is 0.421 bits per heavy atom. The highest BCUT2D eigenvalue weighted by atomic mass is 15.0. The third-order valence-corrected chi connectivity index (χ3v) is 7.95. The molecule has 0 spiro atoms. The molecule has 2 aromatic heterocycles. The van der Waals surface area contributed by atoms with Gasteiger partial charge in [0.25, 0.3) is 0 Å². The van der Waals surface area contributed by atoms with Crippen LogP contribution in [-0.2, 0) is 14.1 Å². The second-order valence-electron chi connectivity index (χ2n) is 10.2. The Kier molecular flexibility index (Phi) is 4.32. The summed E-state index contributed by atoms with van der Waals surface area (Å²) in [7, 11) is 4.08. The zero-order valence-electron chi connectivity index (χ0n) is 21.2. The topological polar surface area (TPSA) is 35.6 Å². The molecular formula is C34H24N4. The minimum atomic E-state index is 1.02. The smallest absolute Gasteiger partial charge is 0.0955 e. The Morgan fingerprint density at radius 2 is 0.921 bits per heavy atom. The van der Waals surface area contributed by atoms with Crippen LogP contribution in [-0.4, -0.2) is 19.1 Å². The van der Waals surface area contributed by atoms with E-state index in [2.05, 4.69) is 116 Å². The molecule has 0 amide bonds. The number of imidazole rings is 2. The summed E-state index contributed by atoms with van der Waals surface area (Å²) in [5.41, 5.74) is 9.13. The van der Waals surface area contributed by atoms with Gasteiger partial charge in [-0.1, -0.05) is 60.7 Å². The van der Waals surface area contributed by atoms with E-state index in [1.54, 1.807) is 0 Å². The lowest BCUT2D eigenvalue weighted by molar-refractivity contribution is 0.948. The van der Waals surface area contributed by atoms with Crippen molar-refractivity contribution in [1.29, 1.82) is 0 Å². The standard InChI is InChI=1S/C34H24N4/c1-37-20-36-32-17-23(10-14-33(32)37)21-7-11-27-28-12-8-22(24-9-13-31-34(18-24)38(2)19-35-31)16-30(28)26-6-4-3-5-25(26)29(27)15-21/h3-20H,1-2H3. The van der Waals surface area contributed by atoms with Crippen LogP contribution in [0.4, 0.5) is 0 Å². The number of fused-ring (bicyclic) bond motifs is 8.